The molecule has 11 aromatic rings. The number of fused-ring (bicyclic) bond motifs is 2. The third-order valence-electron chi connectivity index (χ3n) is 19.7. The van der Waals surface area contributed by atoms with Crippen LogP contribution in [0.15, 0.2) is 279 Å². The molecule has 4 aliphatic heterocycles. The normalized spacial score (nSPS) is 24.0. The maximum absolute atomic E-state index is 15.0. The van der Waals surface area contributed by atoms with E-state index < -0.39 is 110 Å². The summed E-state index contributed by atoms with van der Waals surface area (Å²) in [6.07, 6.45) is -17.7. The number of pyridine rings is 2. The number of hydrogen-bond acceptors (Lipinski definition) is 21. The summed E-state index contributed by atoms with van der Waals surface area (Å²) in [6.45, 7) is 3.64. The molecule has 0 amide bonds. The summed E-state index contributed by atoms with van der Waals surface area (Å²) < 4.78 is 119. The Morgan fingerprint density at radius 1 is 0.414 bits per heavy atom. The number of ether oxygens (including phenoxy) is 17. The van der Waals surface area contributed by atoms with Gasteiger partial charge in [-0.05, 0) is 95.8 Å². The molecule has 111 heavy (non-hydrogen) atoms. The molecule has 4 fully saturated rings. The van der Waals surface area contributed by atoms with Crippen LogP contribution < -0.4 is 9.47 Å². The van der Waals surface area contributed by atoms with Crippen molar-refractivity contribution in [3.05, 3.63) is 324 Å². The van der Waals surface area contributed by atoms with Gasteiger partial charge in [-0.2, -0.15) is 0 Å². The van der Waals surface area contributed by atoms with Crippen molar-refractivity contribution >= 4 is 33.7 Å². The van der Waals surface area contributed by atoms with Crippen LogP contribution in [0.1, 0.15) is 68.2 Å². The second-order valence-electron chi connectivity index (χ2n) is 28.0. The first kappa shape index (κ1) is 76.2. The maximum Gasteiger partial charge on any atom is 0.357 e. The average molecular weight is 1500 g/mol. The van der Waals surface area contributed by atoms with E-state index in [-0.39, 0.29) is 70.8 Å². The van der Waals surface area contributed by atoms with Crippen LogP contribution in [0, 0.1) is 0 Å². The fraction of sp³-hybridized carbons (Fsp3) is 0.311. The molecule has 572 valence electrons. The Hall–Kier alpha value is -10.2. The van der Waals surface area contributed by atoms with E-state index in [2.05, 4.69) is 4.98 Å². The van der Waals surface area contributed by atoms with Gasteiger partial charge in [-0.25, -0.2) is 19.6 Å². The van der Waals surface area contributed by atoms with Crippen LogP contribution in [0.2, 0.25) is 0 Å². The molecule has 0 bridgehead atoms. The Morgan fingerprint density at radius 2 is 0.838 bits per heavy atom. The van der Waals surface area contributed by atoms with Gasteiger partial charge in [-0.1, -0.05) is 231 Å². The summed E-state index contributed by atoms with van der Waals surface area (Å²) in [4.78, 5) is 38.9. The van der Waals surface area contributed by atoms with Crippen molar-refractivity contribution in [2.24, 2.45) is 0 Å². The van der Waals surface area contributed by atoms with E-state index in [1.54, 1.807) is 43.5 Å². The van der Waals surface area contributed by atoms with Gasteiger partial charge in [0.15, 0.2) is 30.6 Å². The van der Waals surface area contributed by atoms with Crippen LogP contribution in [-0.2, 0) is 111 Å². The minimum atomic E-state index is -1.42. The number of carbonyl (C=O) groups is 2. The zero-order chi connectivity index (χ0) is 75.7. The van der Waals surface area contributed by atoms with Gasteiger partial charge in [0, 0.05) is 10.8 Å². The lowest BCUT2D eigenvalue weighted by atomic mass is 10.0. The molecule has 0 saturated carbocycles. The number of benzene rings is 9. The molecular weight excluding hydrogens is 1410 g/mol. The van der Waals surface area contributed by atoms with Crippen LogP contribution in [0.5, 0.6) is 11.5 Å². The molecule has 0 radical (unpaired) electrons. The quantitative estimate of drug-likeness (QED) is 0.0342. The second kappa shape index (κ2) is 36.8. The summed E-state index contributed by atoms with van der Waals surface area (Å²) in [7, 11) is 1.58. The van der Waals surface area contributed by atoms with E-state index in [0.29, 0.717) is 22.5 Å². The molecule has 0 aliphatic carbocycles. The minimum Gasteiger partial charge on any atom is -0.497 e. The summed E-state index contributed by atoms with van der Waals surface area (Å²) in [5.41, 5.74) is 6.46. The lowest BCUT2D eigenvalue weighted by Gasteiger charge is -2.33. The van der Waals surface area contributed by atoms with E-state index in [0.717, 1.165) is 44.2 Å². The average Bonchev–Trinajstić information content (AvgIpc) is 1.60. The first-order valence-electron chi connectivity index (χ1n) is 37.4. The van der Waals surface area contributed by atoms with Crippen molar-refractivity contribution < 1.29 is 90.1 Å². The van der Waals surface area contributed by atoms with Crippen LogP contribution in [0.25, 0.3) is 21.8 Å². The fourth-order valence-electron chi connectivity index (χ4n) is 14.1. The molecule has 0 N–H and O–H groups in total. The van der Waals surface area contributed by atoms with Gasteiger partial charge < -0.3 is 80.5 Å². The molecule has 2 aromatic heterocycles. The summed E-state index contributed by atoms with van der Waals surface area (Å²) in [6, 6.07) is 87.2. The van der Waals surface area contributed by atoms with Crippen molar-refractivity contribution in [1.82, 2.24) is 9.97 Å². The van der Waals surface area contributed by atoms with Gasteiger partial charge in [0.2, 0.25) is 6.29 Å². The van der Waals surface area contributed by atoms with Gasteiger partial charge in [-0.3, -0.25) is 0 Å². The molecular formula is C90H88N2O19. The first-order chi connectivity index (χ1) is 54.5. The number of nitrogens with zero attached hydrogens (tertiary/aromatic N) is 2. The predicted molar refractivity (Wildman–Crippen MR) is 408 cm³/mol. The number of carbonyl (C=O) groups excluding carboxylic acids is 2. The van der Waals surface area contributed by atoms with Crippen molar-refractivity contribution in [2.45, 2.75) is 151 Å². The van der Waals surface area contributed by atoms with E-state index in [9.17, 15) is 9.59 Å². The Kier molecular flexibility index (Phi) is 25.2. The zero-order valence-electron chi connectivity index (χ0n) is 61.7. The monoisotopic (exact) mass is 1500 g/mol. The predicted octanol–water partition coefficient (Wildman–Crippen LogP) is 14.5. The van der Waals surface area contributed by atoms with E-state index in [1.165, 1.54) is 0 Å². The Morgan fingerprint density at radius 3 is 1.32 bits per heavy atom. The molecule has 0 spiro atoms. The Balaban J connectivity index is 0.842. The number of rotatable bonds is 34. The number of aromatic nitrogens is 2. The maximum atomic E-state index is 15.0. The van der Waals surface area contributed by atoms with E-state index in [4.69, 9.17) is 85.5 Å². The topological polar surface area (TPSA) is 217 Å². The highest BCUT2D eigenvalue weighted by atomic mass is 16.8. The summed E-state index contributed by atoms with van der Waals surface area (Å²) in [5, 5.41) is 1.70. The van der Waals surface area contributed by atoms with Gasteiger partial charge in [-0.15, -0.1) is 0 Å². The molecule has 15 rings (SSSR count). The molecule has 15 atom stereocenters. The molecule has 21 heteroatoms. The highest BCUT2D eigenvalue weighted by Crippen LogP contribution is 2.43. The highest BCUT2D eigenvalue weighted by molar-refractivity contribution is 5.92. The lowest BCUT2D eigenvalue weighted by Crippen LogP contribution is -2.50. The van der Waals surface area contributed by atoms with Crippen LogP contribution in [0.3, 0.4) is 0 Å². The molecule has 1 unspecified atom stereocenters. The summed E-state index contributed by atoms with van der Waals surface area (Å²) in [5.74, 6) is -1.57. The molecule has 4 saturated heterocycles. The Bertz CT molecular complexity index is 4750. The fourth-order valence-corrected chi connectivity index (χ4v) is 14.1. The van der Waals surface area contributed by atoms with Crippen LogP contribution in [-0.4, -0.2) is 147 Å². The molecule has 4 aliphatic rings. The third-order valence-corrected chi connectivity index (χ3v) is 19.7. The van der Waals surface area contributed by atoms with Crippen molar-refractivity contribution in [3.8, 4) is 11.5 Å². The number of para-hydroxylation sites is 2. The van der Waals surface area contributed by atoms with E-state index >= 15 is 0 Å². The molecule has 21 nitrogen and oxygen atoms in total. The van der Waals surface area contributed by atoms with Crippen LogP contribution >= 0.6 is 0 Å². The SMILES string of the molecule is COc1ccc(O[C@@H]2O[C@@H]([C@@H]3COC(C)(C)O3)[C@H](OC3O[C@@H]([C@H](COCc4ccccc4)OC(=O)c4ccc5ccccc5n4)[C@H](OCc4ccccc4)[C@H]3OCc3ccccc3)[C@H]2O[C@H]2O[C@@H]([C@H](COC(=O)c3ccc4ccccc4n3)OCc3ccccc3)[C@H](OCc3ccccc3)[C@H]2OCc2ccccc2)cc1. The third kappa shape index (κ3) is 19.6. The van der Waals surface area contributed by atoms with Gasteiger partial charge >= 0.3 is 11.9 Å². The second-order valence-corrected chi connectivity index (χ2v) is 28.0. The van der Waals surface area contributed by atoms with E-state index in [1.807, 2.05) is 257 Å². The van der Waals surface area contributed by atoms with Gasteiger partial charge in [0.05, 0.1) is 71.0 Å². The van der Waals surface area contributed by atoms with Crippen LogP contribution in [0.4, 0.5) is 0 Å². The first-order valence-corrected chi connectivity index (χ1v) is 37.4. The number of hydrogen-bond donors (Lipinski definition) is 0. The Labute approximate surface area is 644 Å². The summed E-state index contributed by atoms with van der Waals surface area (Å²) >= 11 is 0. The van der Waals surface area contributed by atoms with Crippen molar-refractivity contribution in [1.29, 1.82) is 0 Å². The smallest absolute Gasteiger partial charge is 0.357 e. The largest absolute Gasteiger partial charge is 0.497 e. The van der Waals surface area contributed by atoms with Gasteiger partial charge in [0.25, 0.3) is 0 Å². The van der Waals surface area contributed by atoms with Crippen molar-refractivity contribution in [3.63, 3.8) is 0 Å². The molecule has 9 aromatic carbocycles. The van der Waals surface area contributed by atoms with Crippen molar-refractivity contribution in [2.75, 3.05) is 26.9 Å². The number of methoxy groups -OCH3 is 1. The number of esters is 2. The molecule has 6 heterocycles. The highest BCUT2D eigenvalue weighted by Gasteiger charge is 2.61. The zero-order valence-corrected chi connectivity index (χ0v) is 61.7. The minimum absolute atomic E-state index is 0.0398. The standard InChI is InChI=1S/C90H88N2O19/c1-90(2)103-58-75(111-90)78-81(109-87-83(101-55-64-36-20-9-21-37-64)80(99-53-62-32-16-7-17-33-62)77(107-87)74(56-96-50-59-26-10-4-11-27-59)105-86(94)72-49-43-66-39-23-25-41-70(66)92-72)84(89(108-78)104-68-46-44-67(95-3)45-47-68)110-88-82(100-54-63-34-18-8-19-35-63)79(98-52-61-30-14-6-15-31-61)76(106-88)73(97-51-60-28-12-5-13-29-60)57-102-85(93)71-48-42-65-38-22-24-40-69(65)91-71/h4-49,73-84,87-89H,50-58H2,1-3H3/t73-,74-,75-,76-,77-,78-,79-,80-,81-,82+,83+,84+,87?,88+,89+/m0/s1. The lowest BCUT2D eigenvalue weighted by molar-refractivity contribution is -0.269. The van der Waals surface area contributed by atoms with Gasteiger partial charge in [0.1, 0.15) is 90.5 Å².